The lowest BCUT2D eigenvalue weighted by molar-refractivity contribution is -0.274. The second-order valence-electron chi connectivity index (χ2n) is 14.3. The van der Waals surface area contributed by atoms with Crippen molar-refractivity contribution < 1.29 is 28.5 Å². The van der Waals surface area contributed by atoms with E-state index in [1.165, 1.54) is 19.8 Å². The minimum Gasteiger partial charge on any atom is -0.463 e. The summed E-state index contributed by atoms with van der Waals surface area (Å²) in [7, 11) is 0. The van der Waals surface area contributed by atoms with Crippen LogP contribution in [-0.4, -0.2) is 42.6 Å². The van der Waals surface area contributed by atoms with E-state index in [0.717, 1.165) is 51.6 Å². The molecule has 6 fully saturated rings. The van der Waals surface area contributed by atoms with Gasteiger partial charge >= 0.3 is 11.9 Å². The maximum atomic E-state index is 12.5. The zero-order chi connectivity index (χ0) is 26.3. The van der Waals surface area contributed by atoms with Gasteiger partial charge in [0, 0.05) is 37.5 Å². The highest BCUT2D eigenvalue weighted by molar-refractivity contribution is 5.66. The highest BCUT2D eigenvalue weighted by Crippen LogP contribution is 2.71. The van der Waals surface area contributed by atoms with Gasteiger partial charge in [0.2, 0.25) is 0 Å². The Labute approximate surface area is 222 Å². The molecular formula is C31H48O6. The van der Waals surface area contributed by atoms with E-state index >= 15 is 0 Å². The van der Waals surface area contributed by atoms with E-state index < -0.39 is 5.79 Å². The van der Waals surface area contributed by atoms with Crippen LogP contribution in [0.25, 0.3) is 0 Å². The maximum absolute atomic E-state index is 12.5. The van der Waals surface area contributed by atoms with Gasteiger partial charge in [-0.25, -0.2) is 0 Å². The Hall–Kier alpha value is -1.14. The Morgan fingerprint density at radius 2 is 1.62 bits per heavy atom. The Morgan fingerprint density at radius 3 is 2.30 bits per heavy atom. The highest BCUT2D eigenvalue weighted by Gasteiger charge is 2.72. The summed E-state index contributed by atoms with van der Waals surface area (Å²) >= 11 is 0. The van der Waals surface area contributed by atoms with Crippen molar-refractivity contribution in [1.29, 1.82) is 0 Å². The number of carbonyl (C=O) groups is 2. The van der Waals surface area contributed by atoms with E-state index in [1.54, 1.807) is 6.92 Å². The largest absolute Gasteiger partial charge is 0.463 e. The SMILES string of the molecule is CC(=O)O[C@@H]1CC[C@@]2(C)[C@@H](CC[C@@H]3[C@@H]2C[C@H](OC(C)=O)[C@]2(C)[C@@H]4[C@H](C[C@@H]32)O[C@]2(CC[C@H](C)CO2)[C@H]4C)C1. The van der Waals surface area contributed by atoms with Gasteiger partial charge in [-0.15, -0.1) is 0 Å². The summed E-state index contributed by atoms with van der Waals surface area (Å²) in [4.78, 5) is 24.1. The molecule has 0 unspecified atom stereocenters. The number of esters is 2. The van der Waals surface area contributed by atoms with Crippen LogP contribution >= 0.6 is 0 Å². The molecule has 6 aliphatic rings. The predicted molar refractivity (Wildman–Crippen MR) is 138 cm³/mol. The molecule has 0 bridgehead atoms. The van der Waals surface area contributed by atoms with Crippen LogP contribution in [0, 0.1) is 52.3 Å². The molecule has 0 aromatic carbocycles. The molecule has 6 nitrogen and oxygen atoms in total. The minimum atomic E-state index is -0.466. The van der Waals surface area contributed by atoms with Gasteiger partial charge in [-0.3, -0.25) is 9.59 Å². The lowest BCUT2D eigenvalue weighted by Gasteiger charge is -2.62. The molecule has 4 saturated carbocycles. The van der Waals surface area contributed by atoms with Crippen molar-refractivity contribution in [1.82, 2.24) is 0 Å². The summed E-state index contributed by atoms with van der Waals surface area (Å²) in [5.41, 5.74) is 0.109. The van der Waals surface area contributed by atoms with Crippen LogP contribution in [0.15, 0.2) is 0 Å². The molecule has 1 spiro atoms. The van der Waals surface area contributed by atoms with E-state index in [0.29, 0.717) is 41.4 Å². The quantitative estimate of drug-likeness (QED) is 0.425. The van der Waals surface area contributed by atoms with Crippen LogP contribution in [-0.2, 0) is 28.5 Å². The van der Waals surface area contributed by atoms with Crippen LogP contribution in [0.1, 0.15) is 99.3 Å². The smallest absolute Gasteiger partial charge is 0.302 e. The van der Waals surface area contributed by atoms with E-state index in [4.69, 9.17) is 18.9 Å². The first-order valence-corrected chi connectivity index (χ1v) is 15.1. The first kappa shape index (κ1) is 26.1. The Kier molecular flexibility index (Phi) is 6.31. The molecule has 13 atom stereocenters. The highest BCUT2D eigenvalue weighted by atomic mass is 16.7. The second kappa shape index (κ2) is 8.94. The monoisotopic (exact) mass is 516 g/mol. The van der Waals surface area contributed by atoms with Crippen molar-refractivity contribution in [2.24, 2.45) is 52.3 Å². The van der Waals surface area contributed by atoms with Crippen molar-refractivity contribution in [3.63, 3.8) is 0 Å². The van der Waals surface area contributed by atoms with Gasteiger partial charge in [0.15, 0.2) is 5.79 Å². The molecule has 0 aromatic heterocycles. The van der Waals surface area contributed by atoms with Crippen LogP contribution in [0.2, 0.25) is 0 Å². The number of hydrogen-bond donors (Lipinski definition) is 0. The summed E-state index contributed by atoms with van der Waals surface area (Å²) in [5, 5.41) is 0. The first-order chi connectivity index (χ1) is 17.5. The van der Waals surface area contributed by atoms with E-state index in [1.807, 2.05) is 0 Å². The second-order valence-corrected chi connectivity index (χ2v) is 14.3. The molecule has 2 aliphatic heterocycles. The fraction of sp³-hybridized carbons (Fsp3) is 0.935. The lowest BCUT2D eigenvalue weighted by Crippen LogP contribution is -2.60. The van der Waals surface area contributed by atoms with Gasteiger partial charge in [-0.2, -0.15) is 0 Å². The molecule has 2 saturated heterocycles. The normalized spacial score (nSPS) is 54.5. The first-order valence-electron chi connectivity index (χ1n) is 15.1. The fourth-order valence-electron chi connectivity index (χ4n) is 10.9. The lowest BCUT2D eigenvalue weighted by atomic mass is 9.43. The Bertz CT molecular complexity index is 925. The number of fused-ring (bicyclic) bond motifs is 7. The third kappa shape index (κ3) is 3.85. The third-order valence-electron chi connectivity index (χ3n) is 12.6. The van der Waals surface area contributed by atoms with Crippen molar-refractivity contribution in [3.8, 4) is 0 Å². The topological polar surface area (TPSA) is 71.1 Å². The van der Waals surface area contributed by atoms with E-state index in [2.05, 4.69) is 27.7 Å². The Morgan fingerprint density at radius 1 is 0.865 bits per heavy atom. The van der Waals surface area contributed by atoms with Gasteiger partial charge in [-0.1, -0.05) is 27.7 Å². The average Bonchev–Trinajstić information content (AvgIpc) is 3.27. The maximum Gasteiger partial charge on any atom is 0.302 e. The molecule has 0 N–H and O–H groups in total. The third-order valence-corrected chi connectivity index (χ3v) is 12.6. The summed E-state index contributed by atoms with van der Waals surface area (Å²) in [5.74, 6) is 2.66. The van der Waals surface area contributed by atoms with Crippen LogP contribution in [0.3, 0.4) is 0 Å². The standard InChI is InChI=1S/C31H48O6/c1-17-9-12-31(34-16-17)18(2)28-26(37-31)14-25-23-8-7-21-13-22(35-19(3)32)10-11-29(21,5)24(23)15-27(30(25,28)6)36-20(4)33/h17-18,21-28H,7-16H2,1-6H3/t17-,18-,21-,22+,23+,24-,25-,26-,27-,28-,29-,30+,31+/m0/s1. The molecule has 6 rings (SSSR count). The molecule has 0 amide bonds. The van der Waals surface area contributed by atoms with E-state index in [9.17, 15) is 9.59 Å². The number of hydrogen-bond acceptors (Lipinski definition) is 6. The minimum absolute atomic E-state index is 0.0553. The number of carbonyl (C=O) groups excluding carboxylic acids is 2. The van der Waals surface area contributed by atoms with Crippen LogP contribution in [0.5, 0.6) is 0 Å². The fourth-order valence-corrected chi connectivity index (χ4v) is 10.9. The molecule has 4 aliphatic carbocycles. The molecule has 0 radical (unpaired) electrons. The van der Waals surface area contributed by atoms with Gasteiger partial charge in [-0.05, 0) is 86.4 Å². The zero-order valence-corrected chi connectivity index (χ0v) is 23.8. The van der Waals surface area contributed by atoms with Crippen molar-refractivity contribution in [2.45, 2.75) is 123 Å². The molecule has 0 aromatic rings. The molecule has 208 valence electrons. The predicted octanol–water partition coefficient (Wildman–Crippen LogP) is 5.91. The average molecular weight is 517 g/mol. The van der Waals surface area contributed by atoms with Crippen molar-refractivity contribution in [3.05, 3.63) is 0 Å². The van der Waals surface area contributed by atoms with Gasteiger partial charge < -0.3 is 18.9 Å². The van der Waals surface area contributed by atoms with Gasteiger partial charge in [0.1, 0.15) is 12.2 Å². The molecular weight excluding hydrogens is 468 g/mol. The van der Waals surface area contributed by atoms with Crippen LogP contribution in [0.4, 0.5) is 0 Å². The summed E-state index contributed by atoms with van der Waals surface area (Å²) in [6.45, 7) is 13.4. The van der Waals surface area contributed by atoms with Crippen LogP contribution < -0.4 is 0 Å². The zero-order valence-electron chi connectivity index (χ0n) is 23.8. The van der Waals surface area contributed by atoms with Gasteiger partial charge in [0.25, 0.3) is 0 Å². The summed E-state index contributed by atoms with van der Waals surface area (Å²) in [6.07, 6.45) is 9.70. The van der Waals surface area contributed by atoms with Gasteiger partial charge in [0.05, 0.1) is 12.7 Å². The number of rotatable bonds is 2. The number of ether oxygens (including phenoxy) is 4. The Balaban J connectivity index is 1.30. The molecule has 37 heavy (non-hydrogen) atoms. The molecule has 6 heteroatoms. The summed E-state index contributed by atoms with van der Waals surface area (Å²) in [6, 6.07) is 0. The summed E-state index contributed by atoms with van der Waals surface area (Å²) < 4.78 is 25.4. The van der Waals surface area contributed by atoms with Crippen molar-refractivity contribution in [2.75, 3.05) is 6.61 Å². The molecule has 2 heterocycles. The van der Waals surface area contributed by atoms with E-state index in [-0.39, 0.29) is 41.1 Å². The van der Waals surface area contributed by atoms with Crippen molar-refractivity contribution >= 4 is 11.9 Å².